The van der Waals surface area contributed by atoms with Crippen LogP contribution in [-0.2, 0) is 6.54 Å². The van der Waals surface area contributed by atoms with E-state index in [0.717, 1.165) is 6.54 Å². The Balaban J connectivity index is 2.33. The second-order valence-electron chi connectivity index (χ2n) is 3.47. The molecular formula is C11H17NO. The number of hydrogen-bond acceptors (Lipinski definition) is 2. The molecule has 1 aromatic carbocycles. The lowest BCUT2D eigenvalue weighted by atomic mass is 10.1. The van der Waals surface area contributed by atoms with Crippen molar-refractivity contribution in [3.63, 3.8) is 0 Å². The highest BCUT2D eigenvalue weighted by Crippen LogP contribution is 2.02. The summed E-state index contributed by atoms with van der Waals surface area (Å²) in [7, 11) is 0. The molecule has 1 rings (SSSR count). The number of hydrogen-bond donors (Lipinski definition) is 2. The van der Waals surface area contributed by atoms with Gasteiger partial charge in [0.15, 0.2) is 0 Å². The third kappa shape index (κ3) is 4.06. The molecular weight excluding hydrogens is 162 g/mol. The highest BCUT2D eigenvalue weighted by Gasteiger charge is 1.95. The fraction of sp³-hybridized carbons (Fsp3) is 0.455. The molecule has 0 aliphatic carbocycles. The lowest BCUT2D eigenvalue weighted by Gasteiger charge is -2.06. The van der Waals surface area contributed by atoms with Crippen LogP contribution < -0.4 is 5.32 Å². The maximum Gasteiger partial charge on any atom is 0.0636 e. The summed E-state index contributed by atoms with van der Waals surface area (Å²) in [4.78, 5) is 0. The van der Waals surface area contributed by atoms with E-state index in [1.807, 2.05) is 0 Å². The van der Waals surface area contributed by atoms with Gasteiger partial charge in [0.05, 0.1) is 6.10 Å². The van der Waals surface area contributed by atoms with Crippen LogP contribution in [0.2, 0.25) is 0 Å². The fourth-order valence-electron chi connectivity index (χ4n) is 1.13. The fourth-order valence-corrected chi connectivity index (χ4v) is 1.13. The second-order valence-corrected chi connectivity index (χ2v) is 3.47. The first kappa shape index (κ1) is 10.2. The van der Waals surface area contributed by atoms with Crippen LogP contribution in [0, 0.1) is 6.92 Å². The van der Waals surface area contributed by atoms with Crippen molar-refractivity contribution in [3.05, 3.63) is 35.4 Å². The predicted molar refractivity (Wildman–Crippen MR) is 54.6 cm³/mol. The molecule has 0 fully saturated rings. The van der Waals surface area contributed by atoms with E-state index < -0.39 is 0 Å². The zero-order valence-electron chi connectivity index (χ0n) is 8.25. The predicted octanol–water partition coefficient (Wildman–Crippen LogP) is 1.47. The van der Waals surface area contributed by atoms with Crippen LogP contribution in [0.3, 0.4) is 0 Å². The van der Waals surface area contributed by atoms with E-state index in [9.17, 15) is 0 Å². The molecule has 0 radical (unpaired) electrons. The Bertz CT molecular complexity index is 241. The van der Waals surface area contributed by atoms with E-state index in [4.69, 9.17) is 5.11 Å². The van der Waals surface area contributed by atoms with Crippen molar-refractivity contribution in [2.24, 2.45) is 0 Å². The molecule has 1 atom stereocenters. The normalized spacial score (nSPS) is 12.8. The standard InChI is InChI=1S/C11H17NO/c1-9-3-5-11(6-4-9)8-12-7-10(2)13/h3-6,10,12-13H,7-8H2,1-2H3/t10-/m0/s1. The molecule has 2 nitrogen and oxygen atoms in total. The minimum absolute atomic E-state index is 0.273. The third-order valence-electron chi connectivity index (χ3n) is 1.89. The van der Waals surface area contributed by atoms with Crippen molar-refractivity contribution in [1.82, 2.24) is 5.32 Å². The monoisotopic (exact) mass is 179 g/mol. The van der Waals surface area contributed by atoms with Crippen molar-refractivity contribution >= 4 is 0 Å². The van der Waals surface area contributed by atoms with E-state index in [1.165, 1.54) is 11.1 Å². The lowest BCUT2D eigenvalue weighted by Crippen LogP contribution is -2.23. The Kier molecular flexibility index (Phi) is 3.93. The largest absolute Gasteiger partial charge is 0.392 e. The van der Waals surface area contributed by atoms with E-state index in [2.05, 4.69) is 36.5 Å². The van der Waals surface area contributed by atoms with Crippen LogP contribution in [0.15, 0.2) is 24.3 Å². The Hall–Kier alpha value is -0.860. The molecule has 1 aromatic rings. The summed E-state index contributed by atoms with van der Waals surface area (Å²) in [5.74, 6) is 0. The molecule has 72 valence electrons. The van der Waals surface area contributed by atoms with Crippen LogP contribution in [0.1, 0.15) is 18.1 Å². The first-order chi connectivity index (χ1) is 6.18. The molecule has 0 aliphatic heterocycles. The van der Waals surface area contributed by atoms with Gasteiger partial charge in [0.1, 0.15) is 0 Å². The van der Waals surface area contributed by atoms with Crippen LogP contribution in [0.5, 0.6) is 0 Å². The number of aliphatic hydroxyl groups excluding tert-OH is 1. The molecule has 2 N–H and O–H groups in total. The Morgan fingerprint density at radius 2 is 1.92 bits per heavy atom. The summed E-state index contributed by atoms with van der Waals surface area (Å²) in [6.45, 7) is 5.33. The van der Waals surface area contributed by atoms with Gasteiger partial charge in [0.25, 0.3) is 0 Å². The van der Waals surface area contributed by atoms with Crippen molar-refractivity contribution in [2.75, 3.05) is 6.54 Å². The Labute approximate surface area is 79.6 Å². The highest BCUT2D eigenvalue weighted by molar-refractivity contribution is 5.20. The lowest BCUT2D eigenvalue weighted by molar-refractivity contribution is 0.191. The van der Waals surface area contributed by atoms with Crippen LogP contribution in [0.4, 0.5) is 0 Å². The smallest absolute Gasteiger partial charge is 0.0636 e. The maximum atomic E-state index is 9.01. The summed E-state index contributed by atoms with van der Waals surface area (Å²) in [6, 6.07) is 8.40. The van der Waals surface area contributed by atoms with Gasteiger partial charge in [-0.2, -0.15) is 0 Å². The first-order valence-electron chi connectivity index (χ1n) is 4.63. The quantitative estimate of drug-likeness (QED) is 0.733. The molecule has 0 spiro atoms. The molecule has 0 aliphatic rings. The summed E-state index contributed by atoms with van der Waals surface area (Å²) in [5, 5.41) is 12.2. The molecule has 2 heteroatoms. The van der Waals surface area contributed by atoms with Gasteiger partial charge in [-0.15, -0.1) is 0 Å². The van der Waals surface area contributed by atoms with E-state index in [0.29, 0.717) is 6.54 Å². The van der Waals surface area contributed by atoms with Crippen LogP contribution in [0.25, 0.3) is 0 Å². The molecule has 0 amide bonds. The zero-order valence-corrected chi connectivity index (χ0v) is 8.25. The van der Waals surface area contributed by atoms with Crippen molar-refractivity contribution in [2.45, 2.75) is 26.5 Å². The average molecular weight is 179 g/mol. The number of aryl methyl sites for hydroxylation is 1. The topological polar surface area (TPSA) is 32.3 Å². The maximum absolute atomic E-state index is 9.01. The van der Waals surface area contributed by atoms with Gasteiger partial charge >= 0.3 is 0 Å². The van der Waals surface area contributed by atoms with Crippen LogP contribution in [-0.4, -0.2) is 17.8 Å². The minimum atomic E-state index is -0.273. The van der Waals surface area contributed by atoms with Gasteiger partial charge in [-0.25, -0.2) is 0 Å². The Morgan fingerprint density at radius 3 is 2.46 bits per heavy atom. The van der Waals surface area contributed by atoms with Gasteiger partial charge in [0.2, 0.25) is 0 Å². The molecule has 0 unspecified atom stereocenters. The van der Waals surface area contributed by atoms with Gasteiger partial charge in [-0.3, -0.25) is 0 Å². The number of nitrogens with one attached hydrogen (secondary N) is 1. The van der Waals surface area contributed by atoms with Gasteiger partial charge in [-0.05, 0) is 19.4 Å². The van der Waals surface area contributed by atoms with E-state index in [-0.39, 0.29) is 6.10 Å². The van der Waals surface area contributed by atoms with Crippen LogP contribution >= 0.6 is 0 Å². The number of rotatable bonds is 4. The number of benzene rings is 1. The van der Waals surface area contributed by atoms with Crippen molar-refractivity contribution in [1.29, 1.82) is 0 Å². The van der Waals surface area contributed by atoms with E-state index >= 15 is 0 Å². The van der Waals surface area contributed by atoms with Crippen molar-refractivity contribution < 1.29 is 5.11 Å². The molecule has 0 aromatic heterocycles. The Morgan fingerprint density at radius 1 is 1.31 bits per heavy atom. The summed E-state index contributed by atoms with van der Waals surface area (Å²) < 4.78 is 0. The average Bonchev–Trinajstić information content (AvgIpc) is 2.08. The third-order valence-corrected chi connectivity index (χ3v) is 1.89. The molecule has 0 bridgehead atoms. The molecule has 0 heterocycles. The second kappa shape index (κ2) is 5.00. The SMILES string of the molecule is Cc1ccc(CNC[C@H](C)O)cc1. The molecule has 0 saturated heterocycles. The summed E-state index contributed by atoms with van der Waals surface area (Å²) in [5.41, 5.74) is 2.53. The molecule has 0 saturated carbocycles. The zero-order chi connectivity index (χ0) is 9.68. The minimum Gasteiger partial charge on any atom is -0.392 e. The first-order valence-corrected chi connectivity index (χ1v) is 4.63. The van der Waals surface area contributed by atoms with Gasteiger partial charge in [0, 0.05) is 13.1 Å². The number of aliphatic hydroxyl groups is 1. The van der Waals surface area contributed by atoms with Gasteiger partial charge in [-0.1, -0.05) is 29.8 Å². The highest BCUT2D eigenvalue weighted by atomic mass is 16.3. The van der Waals surface area contributed by atoms with E-state index in [1.54, 1.807) is 6.92 Å². The molecule has 13 heavy (non-hydrogen) atoms. The van der Waals surface area contributed by atoms with Gasteiger partial charge < -0.3 is 10.4 Å². The summed E-state index contributed by atoms with van der Waals surface area (Å²) >= 11 is 0. The van der Waals surface area contributed by atoms with Crippen molar-refractivity contribution in [3.8, 4) is 0 Å². The summed E-state index contributed by atoms with van der Waals surface area (Å²) in [6.07, 6.45) is -0.273.